The van der Waals surface area contributed by atoms with Crippen LogP contribution in [-0.4, -0.2) is 25.2 Å². The molecule has 0 saturated heterocycles. The van der Waals surface area contributed by atoms with Crippen molar-refractivity contribution in [3.63, 3.8) is 0 Å². The summed E-state index contributed by atoms with van der Waals surface area (Å²) in [6.45, 7) is 0. The molecular formula is C18H15BrN2O4. The Labute approximate surface area is 153 Å². The van der Waals surface area contributed by atoms with Gasteiger partial charge in [0.15, 0.2) is 11.5 Å². The fourth-order valence-electron chi connectivity index (χ4n) is 2.08. The van der Waals surface area contributed by atoms with Gasteiger partial charge in [-0.15, -0.1) is 0 Å². The van der Waals surface area contributed by atoms with Gasteiger partial charge in [-0.05, 0) is 42.0 Å². The first-order valence-electron chi connectivity index (χ1n) is 7.12. The number of nitrogens with one attached hydrogen (secondary N) is 1. The number of methoxy groups -OCH3 is 2. The zero-order valence-electron chi connectivity index (χ0n) is 13.5. The molecule has 2 aromatic rings. The van der Waals surface area contributed by atoms with Gasteiger partial charge in [-0.3, -0.25) is 4.79 Å². The lowest BCUT2D eigenvalue weighted by atomic mass is 10.1. The van der Waals surface area contributed by atoms with Crippen LogP contribution in [0.5, 0.6) is 17.2 Å². The van der Waals surface area contributed by atoms with E-state index in [0.717, 1.165) is 4.47 Å². The van der Waals surface area contributed by atoms with Crippen LogP contribution in [0, 0.1) is 11.3 Å². The number of anilines is 1. The minimum absolute atomic E-state index is 0.102. The first-order chi connectivity index (χ1) is 12.0. The Hall–Kier alpha value is -2.98. The molecular weight excluding hydrogens is 388 g/mol. The molecule has 2 N–H and O–H groups in total. The van der Waals surface area contributed by atoms with Gasteiger partial charge >= 0.3 is 0 Å². The lowest BCUT2D eigenvalue weighted by Crippen LogP contribution is -2.13. The van der Waals surface area contributed by atoms with E-state index in [1.165, 1.54) is 32.4 Å². The summed E-state index contributed by atoms with van der Waals surface area (Å²) >= 11 is 3.32. The summed E-state index contributed by atoms with van der Waals surface area (Å²) in [5, 5.41) is 21.9. The maximum absolute atomic E-state index is 12.3. The van der Waals surface area contributed by atoms with E-state index in [2.05, 4.69) is 21.2 Å². The lowest BCUT2D eigenvalue weighted by Gasteiger charge is -2.10. The third kappa shape index (κ3) is 4.52. The highest BCUT2D eigenvalue weighted by Crippen LogP contribution is 2.37. The lowest BCUT2D eigenvalue weighted by molar-refractivity contribution is -0.112. The fourth-order valence-corrected chi connectivity index (χ4v) is 2.48. The number of carbonyl (C=O) groups excluding carboxylic acids is 1. The van der Waals surface area contributed by atoms with Crippen molar-refractivity contribution >= 4 is 33.6 Å². The SMILES string of the molecule is COc1cc(C=C(C#N)C(=O)Nc2cccc(Br)c2)cc(OC)c1O. The molecule has 7 heteroatoms. The Morgan fingerprint density at radius 3 is 2.40 bits per heavy atom. The monoisotopic (exact) mass is 402 g/mol. The molecule has 0 bridgehead atoms. The van der Waals surface area contributed by atoms with Gasteiger partial charge in [0.2, 0.25) is 5.75 Å². The summed E-state index contributed by atoms with van der Waals surface area (Å²) in [5.41, 5.74) is 0.934. The molecule has 1 amide bonds. The minimum atomic E-state index is -0.549. The van der Waals surface area contributed by atoms with Crippen LogP contribution in [0.2, 0.25) is 0 Å². The summed E-state index contributed by atoms with van der Waals surface area (Å²) in [7, 11) is 2.79. The van der Waals surface area contributed by atoms with Crippen molar-refractivity contribution in [2.24, 2.45) is 0 Å². The Bertz CT molecular complexity index is 847. The number of halogens is 1. The highest BCUT2D eigenvalue weighted by molar-refractivity contribution is 9.10. The van der Waals surface area contributed by atoms with Gasteiger partial charge in [-0.25, -0.2) is 0 Å². The molecule has 2 rings (SSSR count). The van der Waals surface area contributed by atoms with E-state index in [1.807, 2.05) is 12.1 Å². The normalized spacial score (nSPS) is 10.7. The van der Waals surface area contributed by atoms with Gasteiger partial charge in [0.1, 0.15) is 11.6 Å². The molecule has 0 aliphatic carbocycles. The van der Waals surface area contributed by atoms with E-state index in [4.69, 9.17) is 9.47 Å². The average Bonchev–Trinajstić information content (AvgIpc) is 2.60. The van der Waals surface area contributed by atoms with Gasteiger partial charge in [0, 0.05) is 10.2 Å². The van der Waals surface area contributed by atoms with Gasteiger partial charge in [-0.2, -0.15) is 5.26 Å². The number of rotatable bonds is 5. The third-order valence-corrected chi connectivity index (χ3v) is 3.75. The third-order valence-electron chi connectivity index (χ3n) is 3.26. The summed E-state index contributed by atoms with van der Waals surface area (Å²) in [6.07, 6.45) is 1.39. The van der Waals surface area contributed by atoms with E-state index < -0.39 is 5.91 Å². The Morgan fingerprint density at radius 1 is 1.24 bits per heavy atom. The summed E-state index contributed by atoms with van der Waals surface area (Å²) in [6, 6.07) is 11.9. The first-order valence-corrected chi connectivity index (χ1v) is 7.91. The Morgan fingerprint density at radius 2 is 1.88 bits per heavy atom. The molecule has 128 valence electrons. The van der Waals surface area contributed by atoms with Crippen LogP contribution in [0.15, 0.2) is 46.4 Å². The largest absolute Gasteiger partial charge is 0.502 e. The first kappa shape index (κ1) is 18.4. The Kier molecular flexibility index (Phi) is 6.03. The topological polar surface area (TPSA) is 91.6 Å². The smallest absolute Gasteiger partial charge is 0.266 e. The van der Waals surface area contributed by atoms with Crippen LogP contribution in [0.25, 0.3) is 6.08 Å². The number of ether oxygens (including phenoxy) is 2. The molecule has 0 atom stereocenters. The predicted octanol–water partition coefficient (Wildman–Crippen LogP) is 3.72. The van der Waals surface area contributed by atoms with Crippen LogP contribution >= 0.6 is 15.9 Å². The number of amides is 1. The second-order valence-electron chi connectivity index (χ2n) is 4.91. The molecule has 0 heterocycles. The van der Waals surface area contributed by atoms with E-state index in [1.54, 1.807) is 18.2 Å². The number of phenols is 1. The predicted molar refractivity (Wildman–Crippen MR) is 97.6 cm³/mol. The van der Waals surface area contributed by atoms with Gasteiger partial charge in [0.05, 0.1) is 14.2 Å². The molecule has 0 aliphatic heterocycles. The number of benzene rings is 2. The second-order valence-corrected chi connectivity index (χ2v) is 5.82. The molecule has 25 heavy (non-hydrogen) atoms. The summed E-state index contributed by atoms with van der Waals surface area (Å²) < 4.78 is 10.9. The average molecular weight is 403 g/mol. The summed E-state index contributed by atoms with van der Waals surface area (Å²) in [5.74, 6) is -0.351. The molecule has 6 nitrogen and oxygen atoms in total. The molecule has 0 aliphatic rings. The van der Waals surface area contributed by atoms with Crippen molar-refractivity contribution in [2.75, 3.05) is 19.5 Å². The molecule has 0 spiro atoms. The number of phenolic OH excluding ortho intramolecular Hbond substituents is 1. The highest BCUT2D eigenvalue weighted by atomic mass is 79.9. The number of carbonyl (C=O) groups is 1. The van der Waals surface area contributed by atoms with Crippen LogP contribution in [0.1, 0.15) is 5.56 Å². The standard InChI is InChI=1S/C18H15BrN2O4/c1-24-15-7-11(8-16(25-2)17(15)22)6-12(10-20)18(23)21-14-5-3-4-13(19)9-14/h3-9,22H,1-2H3,(H,21,23). The molecule has 0 unspecified atom stereocenters. The van der Waals surface area contributed by atoms with E-state index in [9.17, 15) is 15.2 Å². The number of nitriles is 1. The number of nitrogens with zero attached hydrogens (tertiary/aromatic N) is 1. The van der Waals surface area contributed by atoms with Gasteiger partial charge in [-0.1, -0.05) is 22.0 Å². The number of aromatic hydroxyl groups is 1. The van der Waals surface area contributed by atoms with E-state index in [-0.39, 0.29) is 22.8 Å². The van der Waals surface area contributed by atoms with Crippen LogP contribution in [0.3, 0.4) is 0 Å². The summed E-state index contributed by atoms with van der Waals surface area (Å²) in [4.78, 5) is 12.3. The molecule has 0 aromatic heterocycles. The molecule has 0 radical (unpaired) electrons. The van der Waals surface area contributed by atoms with Crippen molar-refractivity contribution < 1.29 is 19.4 Å². The number of hydrogen-bond donors (Lipinski definition) is 2. The van der Waals surface area contributed by atoms with Crippen LogP contribution in [-0.2, 0) is 4.79 Å². The zero-order valence-corrected chi connectivity index (χ0v) is 15.1. The number of hydrogen-bond acceptors (Lipinski definition) is 5. The second kappa shape index (κ2) is 8.22. The minimum Gasteiger partial charge on any atom is -0.502 e. The van der Waals surface area contributed by atoms with Crippen LogP contribution < -0.4 is 14.8 Å². The van der Waals surface area contributed by atoms with Crippen molar-refractivity contribution in [1.29, 1.82) is 5.26 Å². The molecule has 0 saturated carbocycles. The van der Waals surface area contributed by atoms with Crippen molar-refractivity contribution in [3.05, 3.63) is 52.0 Å². The molecule has 2 aromatic carbocycles. The van der Waals surface area contributed by atoms with Crippen molar-refractivity contribution in [3.8, 4) is 23.3 Å². The van der Waals surface area contributed by atoms with E-state index in [0.29, 0.717) is 11.3 Å². The van der Waals surface area contributed by atoms with Crippen LogP contribution in [0.4, 0.5) is 5.69 Å². The van der Waals surface area contributed by atoms with Gasteiger partial charge < -0.3 is 19.9 Å². The Balaban J connectivity index is 2.33. The van der Waals surface area contributed by atoms with E-state index >= 15 is 0 Å². The maximum Gasteiger partial charge on any atom is 0.266 e. The fraction of sp³-hybridized carbons (Fsp3) is 0.111. The highest BCUT2D eigenvalue weighted by Gasteiger charge is 2.13. The zero-order chi connectivity index (χ0) is 18.4. The quantitative estimate of drug-likeness (QED) is 0.587. The molecule has 0 fully saturated rings. The van der Waals surface area contributed by atoms with Gasteiger partial charge in [0.25, 0.3) is 5.91 Å². The van der Waals surface area contributed by atoms with Crippen molar-refractivity contribution in [1.82, 2.24) is 0 Å². The van der Waals surface area contributed by atoms with Crippen molar-refractivity contribution in [2.45, 2.75) is 0 Å². The maximum atomic E-state index is 12.3.